The van der Waals surface area contributed by atoms with E-state index in [1.54, 1.807) is 0 Å². The standard InChI is InChI=1S/C16H26N2O4/c19-13(9-12-5-2-1-3-6-12)17-11-14(20)18-16(7-4-8-16)10-15(21)22/h12H,1-11H2,(H,17,19)(H,18,20)(H,21,22). The summed E-state index contributed by atoms with van der Waals surface area (Å²) in [4.78, 5) is 34.6. The lowest BCUT2D eigenvalue weighted by Crippen LogP contribution is -2.56. The maximum Gasteiger partial charge on any atom is 0.305 e. The Kier molecular flexibility index (Phi) is 5.80. The van der Waals surface area contributed by atoms with Crippen molar-refractivity contribution >= 4 is 17.8 Å². The molecule has 0 spiro atoms. The summed E-state index contributed by atoms with van der Waals surface area (Å²) in [7, 11) is 0. The Hall–Kier alpha value is -1.59. The zero-order valence-corrected chi connectivity index (χ0v) is 13.0. The number of aliphatic carboxylic acids is 1. The molecule has 0 saturated heterocycles. The lowest BCUT2D eigenvalue weighted by molar-refractivity contribution is -0.140. The minimum atomic E-state index is -0.902. The van der Waals surface area contributed by atoms with Gasteiger partial charge in [0, 0.05) is 6.42 Å². The number of rotatable bonds is 7. The maximum absolute atomic E-state index is 11.9. The van der Waals surface area contributed by atoms with Gasteiger partial charge >= 0.3 is 5.97 Å². The van der Waals surface area contributed by atoms with Gasteiger partial charge in [0.1, 0.15) is 0 Å². The third kappa shape index (κ3) is 5.00. The average molecular weight is 310 g/mol. The molecule has 6 nitrogen and oxygen atoms in total. The maximum atomic E-state index is 11.9. The van der Waals surface area contributed by atoms with Crippen LogP contribution in [0.15, 0.2) is 0 Å². The molecule has 0 heterocycles. The smallest absolute Gasteiger partial charge is 0.305 e. The molecule has 124 valence electrons. The third-order valence-electron chi connectivity index (χ3n) is 4.85. The highest BCUT2D eigenvalue weighted by atomic mass is 16.4. The molecule has 2 aliphatic carbocycles. The van der Waals surface area contributed by atoms with Crippen LogP contribution in [-0.2, 0) is 14.4 Å². The molecule has 2 amide bonds. The van der Waals surface area contributed by atoms with E-state index in [-0.39, 0.29) is 24.8 Å². The predicted octanol–water partition coefficient (Wildman–Crippen LogP) is 1.59. The van der Waals surface area contributed by atoms with Gasteiger partial charge < -0.3 is 15.7 Å². The van der Waals surface area contributed by atoms with Crippen LogP contribution >= 0.6 is 0 Å². The first kappa shape index (κ1) is 16.8. The second-order valence-corrected chi connectivity index (χ2v) is 6.74. The zero-order chi connectivity index (χ0) is 16.0. The van der Waals surface area contributed by atoms with Crippen LogP contribution in [-0.4, -0.2) is 35.0 Å². The summed E-state index contributed by atoms with van der Waals surface area (Å²) >= 11 is 0. The van der Waals surface area contributed by atoms with Crippen molar-refractivity contribution in [2.75, 3.05) is 6.54 Å². The molecule has 0 atom stereocenters. The molecule has 0 bridgehead atoms. The predicted molar refractivity (Wildman–Crippen MR) is 81.2 cm³/mol. The molecule has 2 rings (SSSR count). The molecule has 2 saturated carbocycles. The Morgan fingerprint density at radius 1 is 1.00 bits per heavy atom. The number of carbonyl (C=O) groups excluding carboxylic acids is 2. The monoisotopic (exact) mass is 310 g/mol. The highest BCUT2D eigenvalue weighted by molar-refractivity contribution is 5.85. The summed E-state index contributed by atoms with van der Waals surface area (Å²) in [6.45, 7) is -0.0626. The van der Waals surface area contributed by atoms with Crippen molar-refractivity contribution in [1.82, 2.24) is 10.6 Å². The molecule has 0 radical (unpaired) electrons. The lowest BCUT2D eigenvalue weighted by Gasteiger charge is -2.41. The fraction of sp³-hybridized carbons (Fsp3) is 0.812. The number of amides is 2. The van der Waals surface area contributed by atoms with Crippen LogP contribution in [0.1, 0.15) is 64.2 Å². The molecule has 6 heteroatoms. The molecule has 2 aliphatic rings. The van der Waals surface area contributed by atoms with Crippen molar-refractivity contribution in [3.63, 3.8) is 0 Å². The van der Waals surface area contributed by atoms with E-state index in [0.717, 1.165) is 19.3 Å². The van der Waals surface area contributed by atoms with Gasteiger partial charge in [0.25, 0.3) is 0 Å². The van der Waals surface area contributed by atoms with Crippen LogP contribution in [0, 0.1) is 5.92 Å². The summed E-state index contributed by atoms with van der Waals surface area (Å²) in [6, 6.07) is 0. The minimum Gasteiger partial charge on any atom is -0.481 e. The quantitative estimate of drug-likeness (QED) is 0.665. The topological polar surface area (TPSA) is 95.5 Å². The molecule has 0 aromatic rings. The number of hydrogen-bond donors (Lipinski definition) is 3. The van der Waals surface area contributed by atoms with Gasteiger partial charge in [-0.1, -0.05) is 19.3 Å². The highest BCUT2D eigenvalue weighted by Crippen LogP contribution is 2.34. The second-order valence-electron chi connectivity index (χ2n) is 6.74. The molecule has 2 fully saturated rings. The SMILES string of the molecule is O=C(O)CC1(NC(=O)CNC(=O)CC2CCCCC2)CCC1. The lowest BCUT2D eigenvalue weighted by atomic mass is 9.74. The Morgan fingerprint density at radius 3 is 2.23 bits per heavy atom. The normalized spacial score (nSPS) is 20.7. The van der Waals surface area contributed by atoms with Crippen LogP contribution < -0.4 is 10.6 Å². The van der Waals surface area contributed by atoms with Gasteiger partial charge in [0.05, 0.1) is 18.5 Å². The zero-order valence-electron chi connectivity index (χ0n) is 13.0. The Balaban J connectivity index is 1.68. The van der Waals surface area contributed by atoms with Gasteiger partial charge in [-0.2, -0.15) is 0 Å². The van der Waals surface area contributed by atoms with E-state index in [0.29, 0.717) is 25.2 Å². The number of nitrogens with one attached hydrogen (secondary N) is 2. The van der Waals surface area contributed by atoms with Gasteiger partial charge in [-0.15, -0.1) is 0 Å². The summed E-state index contributed by atoms with van der Waals surface area (Å²) in [5.41, 5.74) is -0.600. The molecular formula is C16H26N2O4. The van der Waals surface area contributed by atoms with Crippen LogP contribution in [0.5, 0.6) is 0 Å². The molecule has 0 aromatic heterocycles. The van der Waals surface area contributed by atoms with Crippen molar-refractivity contribution in [2.45, 2.75) is 69.7 Å². The second kappa shape index (κ2) is 7.61. The molecule has 22 heavy (non-hydrogen) atoms. The first-order valence-electron chi connectivity index (χ1n) is 8.29. The first-order chi connectivity index (χ1) is 10.5. The summed E-state index contributed by atoms with van der Waals surface area (Å²) < 4.78 is 0. The average Bonchev–Trinajstić information content (AvgIpc) is 2.43. The number of carboxylic acid groups (broad SMARTS) is 1. The fourth-order valence-electron chi connectivity index (χ4n) is 3.48. The van der Waals surface area contributed by atoms with E-state index < -0.39 is 11.5 Å². The van der Waals surface area contributed by atoms with E-state index in [9.17, 15) is 14.4 Å². The highest BCUT2D eigenvalue weighted by Gasteiger charge is 2.40. The van der Waals surface area contributed by atoms with Gasteiger partial charge in [0.15, 0.2) is 0 Å². The molecule has 0 unspecified atom stereocenters. The third-order valence-corrected chi connectivity index (χ3v) is 4.85. The van der Waals surface area contributed by atoms with E-state index in [4.69, 9.17) is 5.11 Å². The minimum absolute atomic E-state index is 0.0469. The number of hydrogen-bond acceptors (Lipinski definition) is 3. The largest absolute Gasteiger partial charge is 0.481 e. The van der Waals surface area contributed by atoms with Gasteiger partial charge in [-0.05, 0) is 38.0 Å². The van der Waals surface area contributed by atoms with E-state index in [1.807, 2.05) is 0 Å². The van der Waals surface area contributed by atoms with Gasteiger partial charge in [0.2, 0.25) is 11.8 Å². The van der Waals surface area contributed by atoms with Gasteiger partial charge in [-0.3, -0.25) is 14.4 Å². The van der Waals surface area contributed by atoms with E-state index >= 15 is 0 Å². The Labute approximate surface area is 131 Å². The Morgan fingerprint density at radius 2 is 1.68 bits per heavy atom. The van der Waals surface area contributed by atoms with Crippen LogP contribution in [0.3, 0.4) is 0 Å². The summed E-state index contributed by atoms with van der Waals surface area (Å²) in [5, 5.41) is 14.3. The molecule has 0 aliphatic heterocycles. The van der Waals surface area contributed by atoms with Crippen molar-refractivity contribution in [3.8, 4) is 0 Å². The fourth-order valence-corrected chi connectivity index (χ4v) is 3.48. The Bertz CT molecular complexity index is 426. The van der Waals surface area contributed by atoms with Crippen molar-refractivity contribution in [2.24, 2.45) is 5.92 Å². The van der Waals surface area contributed by atoms with Gasteiger partial charge in [-0.25, -0.2) is 0 Å². The van der Waals surface area contributed by atoms with Crippen molar-refractivity contribution in [1.29, 1.82) is 0 Å². The first-order valence-corrected chi connectivity index (χ1v) is 8.29. The molecular weight excluding hydrogens is 284 g/mol. The van der Waals surface area contributed by atoms with Crippen LogP contribution in [0.25, 0.3) is 0 Å². The van der Waals surface area contributed by atoms with Crippen LogP contribution in [0.2, 0.25) is 0 Å². The van der Waals surface area contributed by atoms with E-state index in [2.05, 4.69) is 10.6 Å². The van der Waals surface area contributed by atoms with Crippen molar-refractivity contribution in [3.05, 3.63) is 0 Å². The number of carbonyl (C=O) groups is 3. The van der Waals surface area contributed by atoms with Crippen LogP contribution in [0.4, 0.5) is 0 Å². The van der Waals surface area contributed by atoms with Crippen molar-refractivity contribution < 1.29 is 19.5 Å². The molecule has 0 aromatic carbocycles. The summed E-state index contributed by atoms with van der Waals surface area (Å²) in [5.74, 6) is -0.830. The molecule has 3 N–H and O–H groups in total. The summed E-state index contributed by atoms with van der Waals surface area (Å²) in [6.07, 6.45) is 8.60. The van der Waals surface area contributed by atoms with E-state index in [1.165, 1.54) is 19.3 Å². The number of carboxylic acids is 1.